The summed E-state index contributed by atoms with van der Waals surface area (Å²) in [7, 11) is 1.91. The van der Waals surface area contributed by atoms with Crippen LogP contribution in [-0.2, 0) is 18.3 Å². The van der Waals surface area contributed by atoms with Gasteiger partial charge in [0.05, 0.1) is 6.20 Å². The summed E-state index contributed by atoms with van der Waals surface area (Å²) in [5, 5.41) is 7.65. The van der Waals surface area contributed by atoms with E-state index in [1.165, 1.54) is 25.7 Å². The van der Waals surface area contributed by atoms with E-state index in [0.29, 0.717) is 24.4 Å². The Kier molecular flexibility index (Phi) is 7.66. The third kappa shape index (κ3) is 5.14. The Labute approximate surface area is 144 Å². The lowest BCUT2D eigenvalue weighted by atomic mass is 10.1. The fraction of sp³-hybridized carbons (Fsp3) is 0.733. The summed E-state index contributed by atoms with van der Waals surface area (Å²) in [6.45, 7) is 2.00. The van der Waals surface area contributed by atoms with Crippen molar-refractivity contribution in [3.05, 3.63) is 18.0 Å². The van der Waals surface area contributed by atoms with Crippen molar-refractivity contribution in [2.45, 2.75) is 50.6 Å². The molecule has 126 valence electrons. The van der Waals surface area contributed by atoms with Crippen molar-refractivity contribution in [1.29, 1.82) is 0 Å². The van der Waals surface area contributed by atoms with E-state index in [0.717, 1.165) is 25.1 Å². The highest BCUT2D eigenvalue weighted by molar-refractivity contribution is 5.85. The average Bonchev–Trinajstić information content (AvgIpc) is 2.97. The summed E-state index contributed by atoms with van der Waals surface area (Å²) in [5.41, 5.74) is 1.15. The number of nitrogens with zero attached hydrogens (tertiary/aromatic N) is 3. The number of hydrogen-bond acceptors (Lipinski definition) is 3. The fourth-order valence-electron chi connectivity index (χ4n) is 2.99. The Morgan fingerprint density at radius 2 is 2.18 bits per heavy atom. The number of carbonyl (C=O) groups excluding carboxylic acids is 1. The maximum atomic E-state index is 12.5. The van der Waals surface area contributed by atoms with Crippen molar-refractivity contribution < 1.29 is 4.79 Å². The van der Waals surface area contributed by atoms with Crippen LogP contribution in [0.3, 0.4) is 0 Å². The van der Waals surface area contributed by atoms with E-state index in [4.69, 9.17) is 0 Å². The van der Waals surface area contributed by atoms with Crippen LogP contribution in [0.1, 0.15) is 37.7 Å². The second-order valence-electron chi connectivity index (χ2n) is 6.09. The maximum absolute atomic E-state index is 12.5. The predicted molar refractivity (Wildman–Crippen MR) is 91.8 cm³/mol. The molecule has 1 atom stereocenters. The van der Waals surface area contributed by atoms with Crippen LogP contribution in [0.4, 0.5) is 0 Å². The molecule has 1 unspecified atom stereocenters. The first-order valence-corrected chi connectivity index (χ1v) is 7.73. The first-order chi connectivity index (χ1) is 9.72. The van der Waals surface area contributed by atoms with Crippen LogP contribution >= 0.6 is 24.8 Å². The number of rotatable bonds is 6. The number of amides is 1. The summed E-state index contributed by atoms with van der Waals surface area (Å²) in [4.78, 5) is 14.6. The molecule has 1 aliphatic carbocycles. The van der Waals surface area contributed by atoms with Gasteiger partial charge in [-0.25, -0.2) is 0 Å². The van der Waals surface area contributed by atoms with Crippen molar-refractivity contribution in [1.82, 2.24) is 20.0 Å². The molecule has 1 saturated heterocycles. The third-order valence-corrected chi connectivity index (χ3v) is 4.27. The normalized spacial score (nSPS) is 20.1. The van der Waals surface area contributed by atoms with E-state index in [2.05, 4.69) is 15.3 Å². The van der Waals surface area contributed by atoms with Crippen molar-refractivity contribution >= 4 is 30.7 Å². The van der Waals surface area contributed by atoms with Crippen molar-refractivity contribution in [3.63, 3.8) is 0 Å². The van der Waals surface area contributed by atoms with Crippen molar-refractivity contribution in [2.24, 2.45) is 7.05 Å². The third-order valence-electron chi connectivity index (χ3n) is 4.27. The molecule has 22 heavy (non-hydrogen) atoms. The van der Waals surface area contributed by atoms with Crippen LogP contribution in [0.2, 0.25) is 0 Å². The first-order valence-electron chi connectivity index (χ1n) is 7.73. The van der Waals surface area contributed by atoms with Crippen LogP contribution in [-0.4, -0.2) is 45.8 Å². The molecule has 1 aromatic heterocycles. The Morgan fingerprint density at radius 1 is 1.41 bits per heavy atom. The number of carbonyl (C=O) groups is 1. The minimum Gasteiger partial charge on any atom is -0.338 e. The van der Waals surface area contributed by atoms with E-state index in [1.807, 2.05) is 19.4 Å². The zero-order valence-corrected chi connectivity index (χ0v) is 14.7. The zero-order chi connectivity index (χ0) is 13.9. The minimum absolute atomic E-state index is 0. The van der Waals surface area contributed by atoms with E-state index in [-0.39, 0.29) is 24.8 Å². The Bertz CT molecular complexity index is 470. The highest BCUT2D eigenvalue weighted by Crippen LogP contribution is 2.28. The molecule has 0 bridgehead atoms. The summed E-state index contributed by atoms with van der Waals surface area (Å²) in [6, 6.07) is 1.02. The number of nitrogens with one attached hydrogen (secondary N) is 1. The number of halogens is 2. The molecule has 5 nitrogen and oxygen atoms in total. The molecule has 2 aliphatic rings. The maximum Gasteiger partial charge on any atom is 0.223 e. The lowest BCUT2D eigenvalue weighted by Crippen LogP contribution is -2.42. The molecule has 1 aliphatic heterocycles. The van der Waals surface area contributed by atoms with Crippen molar-refractivity contribution in [2.75, 3.05) is 13.1 Å². The molecule has 2 fully saturated rings. The molecule has 0 aromatic carbocycles. The molecule has 3 rings (SSSR count). The van der Waals surface area contributed by atoms with Crippen LogP contribution in [0, 0.1) is 0 Å². The molecule has 0 radical (unpaired) electrons. The van der Waals surface area contributed by atoms with Gasteiger partial charge in [-0.1, -0.05) is 0 Å². The molecule has 1 saturated carbocycles. The van der Waals surface area contributed by atoms with Crippen LogP contribution in [0.25, 0.3) is 0 Å². The lowest BCUT2D eigenvalue weighted by molar-refractivity contribution is -0.132. The van der Waals surface area contributed by atoms with Gasteiger partial charge in [-0.05, 0) is 44.2 Å². The molecular weight excluding hydrogens is 323 g/mol. The van der Waals surface area contributed by atoms with Gasteiger partial charge in [0.2, 0.25) is 5.91 Å². The largest absolute Gasteiger partial charge is 0.338 e. The Morgan fingerprint density at radius 3 is 2.73 bits per heavy atom. The topological polar surface area (TPSA) is 50.2 Å². The zero-order valence-electron chi connectivity index (χ0n) is 13.0. The molecule has 1 aromatic rings. The number of aromatic nitrogens is 2. The Hall–Kier alpha value is -0.780. The first kappa shape index (κ1) is 19.3. The summed E-state index contributed by atoms with van der Waals surface area (Å²) < 4.78 is 1.79. The van der Waals surface area contributed by atoms with Gasteiger partial charge in [0, 0.05) is 38.3 Å². The smallest absolute Gasteiger partial charge is 0.223 e. The molecule has 1 amide bonds. The molecular formula is C15H26Cl2N4O. The standard InChI is InChI=1S/C15H24N4O.2ClH/c1-18-10-12(9-17-18)4-7-15(20)19(14-5-6-14)11-13-3-2-8-16-13;;/h9-10,13-14,16H,2-8,11H2,1H3;2*1H. The van der Waals surface area contributed by atoms with E-state index >= 15 is 0 Å². The summed E-state index contributed by atoms with van der Waals surface area (Å²) >= 11 is 0. The second kappa shape index (κ2) is 8.75. The van der Waals surface area contributed by atoms with Gasteiger partial charge in [-0.2, -0.15) is 5.10 Å². The van der Waals surface area contributed by atoms with Crippen molar-refractivity contribution in [3.8, 4) is 0 Å². The number of aryl methyl sites for hydroxylation is 2. The predicted octanol–water partition coefficient (Wildman–Crippen LogP) is 1.94. The number of hydrogen-bond donors (Lipinski definition) is 1. The van der Waals surface area contributed by atoms with Crippen LogP contribution < -0.4 is 5.32 Å². The Balaban J connectivity index is 0.00000121. The van der Waals surface area contributed by atoms with Gasteiger partial charge < -0.3 is 10.2 Å². The molecule has 2 heterocycles. The molecule has 0 spiro atoms. The highest BCUT2D eigenvalue weighted by Gasteiger charge is 2.34. The SMILES string of the molecule is Cl.Cl.Cn1cc(CCC(=O)N(CC2CCCN2)C2CC2)cn1. The van der Waals surface area contributed by atoms with Gasteiger partial charge in [-0.3, -0.25) is 9.48 Å². The quantitative estimate of drug-likeness (QED) is 0.854. The van der Waals surface area contributed by atoms with Gasteiger partial charge in [0.15, 0.2) is 0 Å². The summed E-state index contributed by atoms with van der Waals surface area (Å²) in [6.07, 6.45) is 10.1. The monoisotopic (exact) mass is 348 g/mol. The lowest BCUT2D eigenvalue weighted by Gasteiger charge is -2.26. The van der Waals surface area contributed by atoms with Crippen LogP contribution in [0.15, 0.2) is 12.4 Å². The van der Waals surface area contributed by atoms with Gasteiger partial charge in [0.1, 0.15) is 0 Å². The van der Waals surface area contributed by atoms with Gasteiger partial charge in [-0.15, -0.1) is 24.8 Å². The van der Waals surface area contributed by atoms with E-state index in [1.54, 1.807) is 4.68 Å². The second-order valence-corrected chi connectivity index (χ2v) is 6.09. The summed E-state index contributed by atoms with van der Waals surface area (Å²) in [5.74, 6) is 0.310. The van der Waals surface area contributed by atoms with E-state index < -0.39 is 0 Å². The highest BCUT2D eigenvalue weighted by atomic mass is 35.5. The van der Waals surface area contributed by atoms with Gasteiger partial charge >= 0.3 is 0 Å². The minimum atomic E-state index is 0. The average molecular weight is 349 g/mol. The van der Waals surface area contributed by atoms with E-state index in [9.17, 15) is 4.79 Å². The van der Waals surface area contributed by atoms with Gasteiger partial charge in [0.25, 0.3) is 0 Å². The molecule has 1 N–H and O–H groups in total. The van der Waals surface area contributed by atoms with Crippen LogP contribution in [0.5, 0.6) is 0 Å². The fourth-order valence-corrected chi connectivity index (χ4v) is 2.99. The molecule has 7 heteroatoms.